The maximum atomic E-state index is 11.9. The smallest absolute Gasteiger partial charge is 0.302 e. The summed E-state index contributed by atoms with van der Waals surface area (Å²) in [4.78, 5) is 11.9. The molecule has 0 fully saturated rings. The molecule has 0 spiro atoms. The molecule has 0 unspecified atom stereocenters. The molecule has 7 heteroatoms. The Hall–Kier alpha value is -2.86. The first-order chi connectivity index (χ1) is 12.6. The van der Waals surface area contributed by atoms with Gasteiger partial charge in [-0.15, -0.1) is 10.2 Å². The molecule has 0 saturated heterocycles. The fourth-order valence-corrected chi connectivity index (χ4v) is 2.84. The van der Waals surface area contributed by atoms with Gasteiger partial charge in [-0.2, -0.15) is 0 Å². The largest absolute Gasteiger partial charge is 0.493 e. The van der Waals surface area contributed by atoms with E-state index in [2.05, 4.69) is 10.2 Å². The molecule has 0 aliphatic rings. The number of fused-ring (bicyclic) bond motifs is 1. The van der Waals surface area contributed by atoms with Gasteiger partial charge in [0, 0.05) is 17.0 Å². The number of amides is 1. The van der Waals surface area contributed by atoms with E-state index in [1.165, 1.54) is 0 Å². The second-order valence-corrected chi connectivity index (χ2v) is 6.12. The number of para-hydroxylation sites is 1. The van der Waals surface area contributed by atoms with Gasteiger partial charge in [-0.3, -0.25) is 4.79 Å². The maximum Gasteiger partial charge on any atom is 0.302 e. The van der Waals surface area contributed by atoms with Crippen LogP contribution in [0.4, 0.5) is 5.69 Å². The zero-order valence-electron chi connectivity index (χ0n) is 14.2. The lowest BCUT2D eigenvalue weighted by atomic mass is 10.2. The highest BCUT2D eigenvalue weighted by atomic mass is 35.5. The molecule has 2 aromatic carbocycles. The maximum absolute atomic E-state index is 11.9. The molecule has 0 saturated carbocycles. The van der Waals surface area contributed by atoms with Crippen molar-refractivity contribution in [3.05, 3.63) is 53.6 Å². The van der Waals surface area contributed by atoms with Crippen molar-refractivity contribution in [1.29, 1.82) is 0 Å². The lowest BCUT2D eigenvalue weighted by molar-refractivity contribution is -0.120. The number of hydrogen-bond donors (Lipinski definition) is 1. The molecule has 0 radical (unpaired) electrons. The SMILES string of the molecule is CCCn1c(O)c(N=NC(=O)COc2cccc(Cl)c2)c2ccccc21. The first-order valence-electron chi connectivity index (χ1n) is 8.23. The average Bonchev–Trinajstić information content (AvgIpc) is 2.90. The van der Waals surface area contributed by atoms with E-state index >= 15 is 0 Å². The number of halogens is 1. The van der Waals surface area contributed by atoms with Gasteiger partial charge in [-0.05, 0) is 30.7 Å². The van der Waals surface area contributed by atoms with Crippen molar-refractivity contribution in [3.8, 4) is 11.6 Å². The third-order valence-corrected chi connectivity index (χ3v) is 4.02. The minimum Gasteiger partial charge on any atom is -0.493 e. The fourth-order valence-electron chi connectivity index (χ4n) is 2.66. The molecule has 0 aliphatic carbocycles. The Labute approximate surface area is 155 Å². The van der Waals surface area contributed by atoms with Crippen LogP contribution in [-0.4, -0.2) is 22.2 Å². The molecule has 134 valence electrons. The van der Waals surface area contributed by atoms with E-state index in [-0.39, 0.29) is 18.2 Å². The van der Waals surface area contributed by atoms with Gasteiger partial charge in [0.15, 0.2) is 12.3 Å². The van der Waals surface area contributed by atoms with Gasteiger partial charge in [0.25, 0.3) is 0 Å². The van der Waals surface area contributed by atoms with Crippen LogP contribution >= 0.6 is 11.6 Å². The molecule has 6 nitrogen and oxygen atoms in total. The molecule has 0 atom stereocenters. The van der Waals surface area contributed by atoms with E-state index in [1.807, 2.05) is 31.2 Å². The Balaban J connectivity index is 1.77. The number of carbonyl (C=O) groups excluding carboxylic acids is 1. The van der Waals surface area contributed by atoms with E-state index in [0.717, 1.165) is 17.3 Å². The van der Waals surface area contributed by atoms with Crippen molar-refractivity contribution in [3.63, 3.8) is 0 Å². The quantitative estimate of drug-likeness (QED) is 0.612. The number of hydrogen-bond acceptors (Lipinski definition) is 4. The van der Waals surface area contributed by atoms with Gasteiger partial charge in [0.05, 0.1) is 5.52 Å². The highest BCUT2D eigenvalue weighted by Crippen LogP contribution is 2.38. The van der Waals surface area contributed by atoms with Crippen molar-refractivity contribution in [1.82, 2.24) is 4.57 Å². The molecule has 26 heavy (non-hydrogen) atoms. The second kappa shape index (κ2) is 8.01. The van der Waals surface area contributed by atoms with Crippen molar-refractivity contribution in [2.45, 2.75) is 19.9 Å². The number of aryl methyl sites for hydroxylation is 1. The van der Waals surface area contributed by atoms with Gasteiger partial charge in [0.1, 0.15) is 5.75 Å². The number of ether oxygens (including phenoxy) is 1. The first kappa shape index (κ1) is 17.9. The third-order valence-electron chi connectivity index (χ3n) is 3.78. The predicted molar refractivity (Wildman–Crippen MR) is 100 cm³/mol. The summed E-state index contributed by atoms with van der Waals surface area (Å²) in [5, 5.41) is 19.3. The molecule has 1 N–H and O–H groups in total. The Bertz CT molecular complexity index is 966. The number of azo groups is 1. The van der Waals surface area contributed by atoms with E-state index in [0.29, 0.717) is 17.3 Å². The zero-order chi connectivity index (χ0) is 18.5. The van der Waals surface area contributed by atoms with Crippen LogP contribution in [0, 0.1) is 0 Å². The van der Waals surface area contributed by atoms with Crippen LogP contribution in [-0.2, 0) is 11.3 Å². The lowest BCUT2D eigenvalue weighted by Gasteiger charge is -2.03. The summed E-state index contributed by atoms with van der Waals surface area (Å²) >= 11 is 5.87. The first-order valence-corrected chi connectivity index (χ1v) is 8.61. The fraction of sp³-hybridized carbons (Fsp3) is 0.211. The number of rotatable bonds is 6. The monoisotopic (exact) mass is 371 g/mol. The number of nitrogens with zero attached hydrogens (tertiary/aromatic N) is 3. The van der Waals surface area contributed by atoms with Gasteiger partial charge >= 0.3 is 5.91 Å². The van der Waals surface area contributed by atoms with E-state index in [4.69, 9.17) is 16.3 Å². The summed E-state index contributed by atoms with van der Waals surface area (Å²) in [6.07, 6.45) is 0.856. The summed E-state index contributed by atoms with van der Waals surface area (Å²) in [6.45, 7) is 2.40. The van der Waals surface area contributed by atoms with Crippen LogP contribution in [0.1, 0.15) is 13.3 Å². The average molecular weight is 372 g/mol. The minimum atomic E-state index is -0.559. The van der Waals surface area contributed by atoms with E-state index in [1.54, 1.807) is 28.8 Å². The molecular formula is C19H18ClN3O3. The second-order valence-electron chi connectivity index (χ2n) is 5.68. The van der Waals surface area contributed by atoms with E-state index in [9.17, 15) is 9.90 Å². The van der Waals surface area contributed by atoms with Gasteiger partial charge in [-0.1, -0.05) is 42.8 Å². The highest BCUT2D eigenvalue weighted by molar-refractivity contribution is 6.30. The number of aromatic nitrogens is 1. The summed E-state index contributed by atoms with van der Waals surface area (Å²) in [5.74, 6) is -0.0829. The Kier molecular flexibility index (Phi) is 5.53. The van der Waals surface area contributed by atoms with Crippen LogP contribution in [0.5, 0.6) is 11.6 Å². The standard InChI is InChI=1S/C19H18ClN3O3/c1-2-10-23-16-9-4-3-8-15(16)18(19(23)25)22-21-17(24)12-26-14-7-5-6-13(20)11-14/h3-9,11,25H,2,10,12H2,1H3. The molecule has 0 aliphatic heterocycles. The van der Waals surface area contributed by atoms with Gasteiger partial charge in [-0.25, -0.2) is 0 Å². The molecule has 1 aromatic heterocycles. The Morgan fingerprint density at radius 3 is 2.81 bits per heavy atom. The summed E-state index contributed by atoms with van der Waals surface area (Å²) in [7, 11) is 0. The molecule has 3 rings (SSSR count). The topological polar surface area (TPSA) is 76.2 Å². The van der Waals surface area contributed by atoms with Gasteiger partial charge in [0.2, 0.25) is 5.88 Å². The van der Waals surface area contributed by atoms with Crippen LogP contribution in [0.15, 0.2) is 58.8 Å². The molecule has 1 amide bonds. The summed E-state index contributed by atoms with van der Waals surface area (Å²) in [5.41, 5.74) is 1.13. The van der Waals surface area contributed by atoms with Crippen molar-refractivity contribution in [2.75, 3.05) is 6.61 Å². The number of benzene rings is 2. The highest BCUT2D eigenvalue weighted by Gasteiger charge is 2.16. The van der Waals surface area contributed by atoms with Crippen LogP contribution in [0.2, 0.25) is 5.02 Å². The zero-order valence-corrected chi connectivity index (χ0v) is 15.0. The van der Waals surface area contributed by atoms with E-state index < -0.39 is 5.91 Å². The lowest BCUT2D eigenvalue weighted by Crippen LogP contribution is -2.07. The van der Waals surface area contributed by atoms with Crippen molar-refractivity contribution >= 4 is 34.1 Å². The Morgan fingerprint density at radius 2 is 2.04 bits per heavy atom. The third kappa shape index (κ3) is 3.86. The molecule has 0 bridgehead atoms. The van der Waals surface area contributed by atoms with Crippen molar-refractivity contribution < 1.29 is 14.6 Å². The molecule has 1 heterocycles. The number of aromatic hydroxyl groups is 1. The molecular weight excluding hydrogens is 354 g/mol. The molecule has 3 aromatic rings. The minimum absolute atomic E-state index is 0.000333. The van der Waals surface area contributed by atoms with Crippen LogP contribution in [0.25, 0.3) is 10.9 Å². The van der Waals surface area contributed by atoms with Crippen molar-refractivity contribution in [2.24, 2.45) is 10.2 Å². The summed E-state index contributed by atoms with van der Waals surface area (Å²) < 4.78 is 7.10. The number of carbonyl (C=O) groups is 1. The normalized spacial score (nSPS) is 11.3. The Morgan fingerprint density at radius 1 is 1.23 bits per heavy atom. The van der Waals surface area contributed by atoms with Crippen LogP contribution in [0.3, 0.4) is 0 Å². The van der Waals surface area contributed by atoms with Crippen LogP contribution < -0.4 is 4.74 Å². The van der Waals surface area contributed by atoms with Gasteiger partial charge < -0.3 is 14.4 Å². The summed E-state index contributed by atoms with van der Waals surface area (Å²) in [6, 6.07) is 14.2. The predicted octanol–water partition coefficient (Wildman–Crippen LogP) is 5.10.